The highest BCUT2D eigenvalue weighted by atomic mass is 16.3. The number of hydrogen-bond donors (Lipinski definition) is 0. The molecule has 13 aromatic rings. The highest BCUT2D eigenvalue weighted by Crippen LogP contribution is 2.43. The minimum atomic E-state index is 0.887. The molecule has 0 N–H and O–H groups in total. The fourth-order valence-corrected chi connectivity index (χ4v) is 10.2. The molecular formula is C62H40N2O. The van der Waals surface area contributed by atoms with Crippen molar-refractivity contribution in [2.75, 3.05) is 4.90 Å². The highest BCUT2D eigenvalue weighted by molar-refractivity contribution is 6.14. The Morgan fingerprint density at radius 2 is 0.846 bits per heavy atom. The van der Waals surface area contributed by atoms with Crippen LogP contribution < -0.4 is 4.90 Å². The fraction of sp³-hybridized carbons (Fsp3) is 0. The van der Waals surface area contributed by atoms with E-state index in [0.717, 1.165) is 66.9 Å². The Labute approximate surface area is 376 Å². The van der Waals surface area contributed by atoms with Gasteiger partial charge < -0.3 is 13.9 Å². The van der Waals surface area contributed by atoms with E-state index in [4.69, 9.17) is 4.42 Å². The summed E-state index contributed by atoms with van der Waals surface area (Å²) in [5.74, 6) is 0. The predicted octanol–water partition coefficient (Wildman–Crippen LogP) is 17.5. The smallest absolute Gasteiger partial charge is 0.136 e. The summed E-state index contributed by atoms with van der Waals surface area (Å²) in [4.78, 5) is 2.39. The Balaban J connectivity index is 0.961. The van der Waals surface area contributed by atoms with Gasteiger partial charge in [0.15, 0.2) is 0 Å². The molecule has 0 aliphatic heterocycles. The van der Waals surface area contributed by atoms with Gasteiger partial charge in [-0.25, -0.2) is 0 Å². The van der Waals surface area contributed by atoms with E-state index in [1.54, 1.807) is 0 Å². The van der Waals surface area contributed by atoms with Crippen molar-refractivity contribution in [2.45, 2.75) is 0 Å². The molecule has 0 spiro atoms. The first-order valence-corrected chi connectivity index (χ1v) is 22.2. The molecule has 0 saturated heterocycles. The van der Waals surface area contributed by atoms with E-state index in [0.29, 0.717) is 0 Å². The molecular weight excluding hydrogens is 789 g/mol. The van der Waals surface area contributed by atoms with E-state index in [1.165, 1.54) is 54.5 Å². The number of anilines is 3. The first-order valence-electron chi connectivity index (χ1n) is 22.2. The molecule has 0 atom stereocenters. The number of nitrogens with zero attached hydrogens (tertiary/aromatic N) is 2. The molecule has 13 rings (SSSR count). The van der Waals surface area contributed by atoms with Gasteiger partial charge >= 0.3 is 0 Å². The molecule has 3 heteroatoms. The molecule has 11 aromatic carbocycles. The molecule has 65 heavy (non-hydrogen) atoms. The lowest BCUT2D eigenvalue weighted by molar-refractivity contribution is 0.669. The summed E-state index contributed by atoms with van der Waals surface area (Å²) in [6.07, 6.45) is 0. The van der Waals surface area contributed by atoms with Crippen LogP contribution in [-0.4, -0.2) is 4.57 Å². The average molecular weight is 829 g/mol. The van der Waals surface area contributed by atoms with Crippen LogP contribution in [0, 0.1) is 0 Å². The van der Waals surface area contributed by atoms with Crippen molar-refractivity contribution >= 4 is 82.4 Å². The van der Waals surface area contributed by atoms with Crippen LogP contribution in [0.4, 0.5) is 17.1 Å². The lowest BCUT2D eigenvalue weighted by atomic mass is 9.93. The largest absolute Gasteiger partial charge is 0.456 e. The third kappa shape index (κ3) is 6.12. The van der Waals surface area contributed by atoms with Crippen molar-refractivity contribution in [1.29, 1.82) is 0 Å². The summed E-state index contributed by atoms with van der Waals surface area (Å²) < 4.78 is 8.77. The van der Waals surface area contributed by atoms with Gasteiger partial charge in [0.25, 0.3) is 0 Å². The van der Waals surface area contributed by atoms with E-state index < -0.39 is 0 Å². The lowest BCUT2D eigenvalue weighted by Crippen LogP contribution is -2.10. The van der Waals surface area contributed by atoms with E-state index in [9.17, 15) is 0 Å². The highest BCUT2D eigenvalue weighted by Gasteiger charge is 2.19. The minimum absolute atomic E-state index is 0.887. The van der Waals surface area contributed by atoms with Crippen LogP contribution in [0.2, 0.25) is 0 Å². The number of benzene rings is 11. The lowest BCUT2D eigenvalue weighted by Gasteiger charge is -2.27. The maximum atomic E-state index is 6.35. The molecule has 0 fully saturated rings. The van der Waals surface area contributed by atoms with Gasteiger partial charge in [-0.3, -0.25) is 0 Å². The Bertz CT molecular complexity index is 3910. The van der Waals surface area contributed by atoms with Gasteiger partial charge in [0.1, 0.15) is 11.2 Å². The summed E-state index contributed by atoms with van der Waals surface area (Å²) in [6, 6.07) is 87.8. The second-order valence-electron chi connectivity index (χ2n) is 16.9. The number of furan rings is 1. The van der Waals surface area contributed by atoms with Crippen LogP contribution >= 0.6 is 0 Å². The standard InChI is InChI=1S/C62H40N2O/c1-2-20-49-45(15-1)39-57(52-23-4-3-22-51(49)52)44-17-14-19-48(38-44)63(47-18-13-16-42(37-47)43-33-36-56-55-26-8-12-30-61(55)65-62(56)40-43)46-34-31-41(32-35-46)50-21-5-9-27-58(50)64-59-28-10-6-24-53(59)54-25-7-11-29-60(54)64/h1-40H. The second-order valence-corrected chi connectivity index (χ2v) is 16.9. The van der Waals surface area contributed by atoms with Crippen LogP contribution in [0.1, 0.15) is 0 Å². The first kappa shape index (κ1) is 36.9. The average Bonchev–Trinajstić information content (AvgIpc) is 3.92. The van der Waals surface area contributed by atoms with Crippen LogP contribution in [-0.2, 0) is 0 Å². The fourth-order valence-electron chi connectivity index (χ4n) is 10.2. The second kappa shape index (κ2) is 15.0. The van der Waals surface area contributed by atoms with Crippen LogP contribution in [0.15, 0.2) is 247 Å². The molecule has 304 valence electrons. The summed E-state index contributed by atoms with van der Waals surface area (Å²) in [5.41, 5.74) is 15.4. The third-order valence-corrected chi connectivity index (χ3v) is 13.2. The first-order chi connectivity index (χ1) is 32.2. The van der Waals surface area contributed by atoms with Gasteiger partial charge in [-0.15, -0.1) is 0 Å². The van der Waals surface area contributed by atoms with Crippen LogP contribution in [0.25, 0.3) is 104 Å². The predicted molar refractivity (Wildman–Crippen MR) is 274 cm³/mol. The maximum absolute atomic E-state index is 6.35. The van der Waals surface area contributed by atoms with Crippen LogP contribution in [0.5, 0.6) is 0 Å². The van der Waals surface area contributed by atoms with Crippen molar-refractivity contribution in [3.8, 4) is 39.1 Å². The molecule has 0 aliphatic carbocycles. The topological polar surface area (TPSA) is 21.3 Å². The van der Waals surface area contributed by atoms with Crippen molar-refractivity contribution in [2.24, 2.45) is 0 Å². The Morgan fingerprint density at radius 3 is 1.62 bits per heavy atom. The van der Waals surface area contributed by atoms with Crippen molar-refractivity contribution in [1.82, 2.24) is 4.57 Å². The quantitative estimate of drug-likeness (QED) is 0.149. The van der Waals surface area contributed by atoms with Crippen molar-refractivity contribution in [3.63, 3.8) is 0 Å². The molecule has 0 saturated carbocycles. The van der Waals surface area contributed by atoms with E-state index in [2.05, 4.69) is 240 Å². The zero-order chi connectivity index (χ0) is 42.8. The molecule has 2 heterocycles. The van der Waals surface area contributed by atoms with Gasteiger partial charge in [0.05, 0.1) is 16.7 Å². The van der Waals surface area contributed by atoms with Crippen LogP contribution in [0.3, 0.4) is 0 Å². The summed E-state index contributed by atoms with van der Waals surface area (Å²) in [7, 11) is 0. The van der Waals surface area contributed by atoms with Gasteiger partial charge in [0, 0.05) is 44.2 Å². The number of para-hydroxylation sites is 4. The number of hydrogen-bond acceptors (Lipinski definition) is 2. The maximum Gasteiger partial charge on any atom is 0.136 e. The molecule has 0 bridgehead atoms. The van der Waals surface area contributed by atoms with Gasteiger partial charge in [0.2, 0.25) is 0 Å². The van der Waals surface area contributed by atoms with Gasteiger partial charge in [-0.05, 0) is 128 Å². The van der Waals surface area contributed by atoms with E-state index in [1.807, 2.05) is 12.1 Å². The van der Waals surface area contributed by atoms with Crippen molar-refractivity contribution < 1.29 is 4.42 Å². The summed E-state index contributed by atoms with van der Waals surface area (Å²) >= 11 is 0. The molecule has 0 amide bonds. The normalized spacial score (nSPS) is 11.7. The number of fused-ring (bicyclic) bond motifs is 9. The Morgan fingerprint density at radius 1 is 0.292 bits per heavy atom. The van der Waals surface area contributed by atoms with E-state index in [-0.39, 0.29) is 0 Å². The summed E-state index contributed by atoms with van der Waals surface area (Å²) in [6.45, 7) is 0. The number of rotatable bonds is 7. The number of aromatic nitrogens is 1. The SMILES string of the molecule is c1cc(-c2ccc3c(c2)oc2ccccc23)cc(N(c2ccc(-c3ccccc3-n3c4ccccc4c4ccccc43)cc2)c2cccc(-c3cc4ccccc4c4ccccc34)c2)c1. The molecule has 0 radical (unpaired) electrons. The zero-order valence-corrected chi connectivity index (χ0v) is 35.4. The summed E-state index contributed by atoms with van der Waals surface area (Å²) in [5, 5.41) is 9.76. The van der Waals surface area contributed by atoms with Gasteiger partial charge in [-0.1, -0.05) is 164 Å². The Kier molecular flexibility index (Phi) is 8.53. The van der Waals surface area contributed by atoms with Gasteiger partial charge in [-0.2, -0.15) is 0 Å². The Hall–Kier alpha value is -8.66. The third-order valence-electron chi connectivity index (χ3n) is 13.2. The van der Waals surface area contributed by atoms with Crippen molar-refractivity contribution in [3.05, 3.63) is 243 Å². The minimum Gasteiger partial charge on any atom is -0.456 e. The zero-order valence-electron chi connectivity index (χ0n) is 35.4. The molecule has 0 aliphatic rings. The molecule has 0 unspecified atom stereocenters. The molecule has 2 aromatic heterocycles. The molecule has 3 nitrogen and oxygen atoms in total. The monoisotopic (exact) mass is 828 g/mol. The van der Waals surface area contributed by atoms with E-state index >= 15 is 0 Å².